The lowest BCUT2D eigenvalue weighted by molar-refractivity contribution is -0.168. The van der Waals surface area contributed by atoms with Crippen LogP contribution in [0.15, 0.2) is 12.7 Å². The van der Waals surface area contributed by atoms with E-state index in [1.54, 1.807) is 27.7 Å². The van der Waals surface area contributed by atoms with Crippen LogP contribution in [0, 0.1) is 23.2 Å². The summed E-state index contributed by atoms with van der Waals surface area (Å²) in [6.07, 6.45) is -0.488. The molecule has 0 saturated carbocycles. The third kappa shape index (κ3) is 2.72. The van der Waals surface area contributed by atoms with Gasteiger partial charge in [0.05, 0.1) is 0 Å². The topological polar surface area (TPSA) is 94.8 Å². The van der Waals surface area contributed by atoms with Gasteiger partial charge in [-0.25, -0.2) is 4.79 Å². The fourth-order valence-electron chi connectivity index (χ4n) is 2.75. The summed E-state index contributed by atoms with van der Waals surface area (Å²) in [5.74, 6) is -4.61. The lowest BCUT2D eigenvalue weighted by atomic mass is 9.59. The minimum absolute atomic E-state index is 0.162. The standard InChI is InChI=1S/C13H22O5/c1-6-13(7(2)3,8(4)5)9(11(15)16)10(14)12(17)18/h6-10,14H,1H2,2-5H3,(H,15,16)(H,17,18)/t9-,10+/m1/s1. The Hall–Kier alpha value is -1.36. The van der Waals surface area contributed by atoms with Crippen LogP contribution in [0.4, 0.5) is 0 Å². The molecule has 18 heavy (non-hydrogen) atoms. The molecule has 0 rings (SSSR count). The Balaban J connectivity index is 5.87. The number of aliphatic carboxylic acids is 2. The van der Waals surface area contributed by atoms with Gasteiger partial charge in [0.1, 0.15) is 5.92 Å². The van der Waals surface area contributed by atoms with Crippen LogP contribution in [0.25, 0.3) is 0 Å². The lowest BCUT2D eigenvalue weighted by Crippen LogP contribution is -2.50. The molecular weight excluding hydrogens is 236 g/mol. The molecule has 0 saturated heterocycles. The van der Waals surface area contributed by atoms with Crippen molar-refractivity contribution < 1.29 is 24.9 Å². The molecule has 104 valence electrons. The smallest absolute Gasteiger partial charge is 0.333 e. The quantitative estimate of drug-likeness (QED) is 0.603. The predicted octanol–water partition coefficient (Wildman–Crippen LogP) is 1.62. The lowest BCUT2D eigenvalue weighted by Gasteiger charge is -2.44. The zero-order valence-corrected chi connectivity index (χ0v) is 11.3. The molecule has 0 aromatic heterocycles. The molecule has 3 N–H and O–H groups in total. The first-order valence-corrected chi connectivity index (χ1v) is 5.90. The van der Waals surface area contributed by atoms with Crippen molar-refractivity contribution in [3.05, 3.63) is 12.7 Å². The number of hydrogen-bond donors (Lipinski definition) is 3. The first-order chi connectivity index (χ1) is 8.12. The molecule has 0 aliphatic carbocycles. The van der Waals surface area contributed by atoms with Crippen LogP contribution >= 0.6 is 0 Å². The Morgan fingerprint density at radius 3 is 1.61 bits per heavy atom. The number of rotatable bonds is 7. The molecule has 0 aliphatic heterocycles. The highest BCUT2D eigenvalue weighted by Crippen LogP contribution is 2.45. The van der Waals surface area contributed by atoms with Gasteiger partial charge in [-0.05, 0) is 11.8 Å². The summed E-state index contributed by atoms with van der Waals surface area (Å²) in [6.45, 7) is 10.8. The van der Waals surface area contributed by atoms with Gasteiger partial charge in [0.15, 0.2) is 6.10 Å². The van der Waals surface area contributed by atoms with Gasteiger partial charge < -0.3 is 15.3 Å². The van der Waals surface area contributed by atoms with Gasteiger partial charge >= 0.3 is 11.9 Å². The molecule has 0 amide bonds. The summed E-state index contributed by atoms with van der Waals surface area (Å²) >= 11 is 0. The maximum atomic E-state index is 11.4. The summed E-state index contributed by atoms with van der Waals surface area (Å²) < 4.78 is 0. The van der Waals surface area contributed by atoms with E-state index in [1.165, 1.54) is 6.08 Å². The van der Waals surface area contributed by atoms with Crippen LogP contribution in [0.1, 0.15) is 27.7 Å². The molecule has 0 unspecified atom stereocenters. The van der Waals surface area contributed by atoms with Crippen LogP contribution in [0.5, 0.6) is 0 Å². The monoisotopic (exact) mass is 258 g/mol. The Bertz CT molecular complexity index is 324. The minimum atomic E-state index is -1.95. The highest BCUT2D eigenvalue weighted by molar-refractivity contribution is 5.82. The Kier molecular flexibility index (Phi) is 5.55. The Morgan fingerprint density at radius 1 is 1.06 bits per heavy atom. The number of aliphatic hydroxyl groups is 1. The SMILES string of the molecule is C=CC(C(C)C)(C(C)C)[C@@H](C(=O)O)[C@H](O)C(=O)O. The second kappa shape index (κ2) is 6.00. The second-order valence-electron chi connectivity index (χ2n) is 5.11. The number of carboxylic acids is 2. The highest BCUT2D eigenvalue weighted by atomic mass is 16.4. The van der Waals surface area contributed by atoms with E-state index in [0.717, 1.165) is 0 Å². The van der Waals surface area contributed by atoms with Crippen molar-refractivity contribution in [1.29, 1.82) is 0 Å². The largest absolute Gasteiger partial charge is 0.481 e. The fourth-order valence-corrected chi connectivity index (χ4v) is 2.75. The van der Waals surface area contributed by atoms with Gasteiger partial charge in [0.2, 0.25) is 0 Å². The third-order valence-electron chi connectivity index (χ3n) is 3.73. The molecule has 0 fully saturated rings. The van der Waals surface area contributed by atoms with E-state index in [2.05, 4.69) is 6.58 Å². The fraction of sp³-hybridized carbons (Fsp3) is 0.692. The summed E-state index contributed by atoms with van der Waals surface area (Å²) in [5.41, 5.74) is -0.982. The van der Waals surface area contributed by atoms with Crippen LogP contribution in [-0.2, 0) is 9.59 Å². The van der Waals surface area contributed by atoms with Crippen molar-refractivity contribution in [3.8, 4) is 0 Å². The molecule has 0 aliphatic rings. The predicted molar refractivity (Wildman–Crippen MR) is 67.1 cm³/mol. The van der Waals surface area contributed by atoms with Crippen LogP contribution in [0.3, 0.4) is 0 Å². The van der Waals surface area contributed by atoms with Crippen LogP contribution < -0.4 is 0 Å². The van der Waals surface area contributed by atoms with Crippen molar-refractivity contribution in [2.24, 2.45) is 23.2 Å². The van der Waals surface area contributed by atoms with E-state index >= 15 is 0 Å². The van der Waals surface area contributed by atoms with Crippen molar-refractivity contribution in [3.63, 3.8) is 0 Å². The molecule has 0 spiro atoms. The van der Waals surface area contributed by atoms with Crippen molar-refractivity contribution >= 4 is 11.9 Å². The number of aliphatic hydroxyl groups excluding tert-OH is 1. The van der Waals surface area contributed by atoms with E-state index in [-0.39, 0.29) is 11.8 Å². The average Bonchev–Trinajstić information content (AvgIpc) is 2.22. The first-order valence-electron chi connectivity index (χ1n) is 5.90. The van der Waals surface area contributed by atoms with Crippen molar-refractivity contribution in [2.45, 2.75) is 33.8 Å². The van der Waals surface area contributed by atoms with Crippen molar-refractivity contribution in [1.82, 2.24) is 0 Å². The number of allylic oxidation sites excluding steroid dienone is 1. The third-order valence-corrected chi connectivity index (χ3v) is 3.73. The van der Waals surface area contributed by atoms with Gasteiger partial charge in [0, 0.05) is 5.41 Å². The maximum Gasteiger partial charge on any atom is 0.333 e. The molecule has 0 bridgehead atoms. The zero-order valence-electron chi connectivity index (χ0n) is 11.3. The molecule has 0 radical (unpaired) electrons. The molecule has 5 heteroatoms. The number of carbonyl (C=O) groups is 2. The highest BCUT2D eigenvalue weighted by Gasteiger charge is 2.51. The van der Waals surface area contributed by atoms with Gasteiger partial charge in [-0.2, -0.15) is 0 Å². The molecule has 5 nitrogen and oxygen atoms in total. The molecule has 0 aromatic rings. The minimum Gasteiger partial charge on any atom is -0.481 e. The summed E-state index contributed by atoms with van der Waals surface area (Å²) in [5, 5.41) is 27.9. The van der Waals surface area contributed by atoms with Crippen LogP contribution in [0.2, 0.25) is 0 Å². The van der Waals surface area contributed by atoms with Gasteiger partial charge in [0.25, 0.3) is 0 Å². The molecular formula is C13H22O5. The van der Waals surface area contributed by atoms with E-state index < -0.39 is 29.4 Å². The Labute approximate surface area is 107 Å². The van der Waals surface area contributed by atoms with E-state index in [4.69, 9.17) is 5.11 Å². The van der Waals surface area contributed by atoms with Crippen LogP contribution in [-0.4, -0.2) is 33.4 Å². The van der Waals surface area contributed by atoms with Gasteiger partial charge in [-0.15, -0.1) is 6.58 Å². The van der Waals surface area contributed by atoms with E-state index in [9.17, 15) is 19.8 Å². The molecule has 2 atom stereocenters. The average molecular weight is 258 g/mol. The summed E-state index contributed by atoms with van der Waals surface area (Å²) in [7, 11) is 0. The molecule has 0 heterocycles. The zero-order chi connectivity index (χ0) is 14.7. The molecule has 0 aromatic carbocycles. The normalized spacial score (nSPS) is 15.5. The maximum absolute atomic E-state index is 11.4. The van der Waals surface area contributed by atoms with Gasteiger partial charge in [-0.1, -0.05) is 33.8 Å². The van der Waals surface area contributed by atoms with E-state index in [0.29, 0.717) is 0 Å². The van der Waals surface area contributed by atoms with Crippen molar-refractivity contribution in [2.75, 3.05) is 0 Å². The van der Waals surface area contributed by atoms with E-state index in [1.807, 2.05) is 0 Å². The number of carboxylic acid groups (broad SMARTS) is 2. The summed E-state index contributed by atoms with van der Waals surface area (Å²) in [4.78, 5) is 22.3. The van der Waals surface area contributed by atoms with Gasteiger partial charge in [-0.3, -0.25) is 4.79 Å². The Morgan fingerprint density at radius 2 is 1.44 bits per heavy atom. The number of hydrogen-bond acceptors (Lipinski definition) is 3. The first kappa shape index (κ1) is 16.6. The second-order valence-corrected chi connectivity index (χ2v) is 5.11. The summed E-state index contributed by atoms with van der Waals surface area (Å²) in [6, 6.07) is 0.